The summed E-state index contributed by atoms with van der Waals surface area (Å²) in [6.07, 6.45) is 8.18. The van der Waals surface area contributed by atoms with Gasteiger partial charge in [-0.15, -0.1) is 0 Å². The van der Waals surface area contributed by atoms with E-state index in [0.717, 1.165) is 11.9 Å². The van der Waals surface area contributed by atoms with Crippen LogP contribution < -0.4 is 0 Å². The summed E-state index contributed by atoms with van der Waals surface area (Å²) in [7, 11) is 0. The van der Waals surface area contributed by atoms with Crippen LogP contribution in [0.5, 0.6) is 0 Å². The van der Waals surface area contributed by atoms with Crippen molar-refractivity contribution < 1.29 is 4.79 Å². The maximum Gasteiger partial charge on any atom is 0.236 e. The van der Waals surface area contributed by atoms with Gasteiger partial charge in [0.05, 0.1) is 5.52 Å². The summed E-state index contributed by atoms with van der Waals surface area (Å²) in [5.41, 5.74) is 2.04. The Morgan fingerprint density at radius 3 is 2.52 bits per heavy atom. The number of nitrogens with zero attached hydrogens (tertiary/aromatic N) is 1. The molecule has 0 saturated carbocycles. The molecule has 0 amide bonds. The van der Waals surface area contributed by atoms with Crippen LogP contribution in [0.25, 0.3) is 10.9 Å². The van der Waals surface area contributed by atoms with Crippen molar-refractivity contribution in [2.45, 2.75) is 59.8 Å². The van der Waals surface area contributed by atoms with E-state index < -0.39 is 0 Å². The average molecular weight is 285 g/mol. The predicted molar refractivity (Wildman–Crippen MR) is 89.9 cm³/mol. The van der Waals surface area contributed by atoms with Crippen LogP contribution >= 0.6 is 0 Å². The fourth-order valence-corrected chi connectivity index (χ4v) is 2.64. The highest BCUT2D eigenvalue weighted by atomic mass is 16.2. The van der Waals surface area contributed by atoms with Crippen LogP contribution in [0.1, 0.15) is 63.7 Å². The summed E-state index contributed by atoms with van der Waals surface area (Å²) < 4.78 is 1.79. The van der Waals surface area contributed by atoms with Crippen molar-refractivity contribution in [3.05, 3.63) is 36.0 Å². The normalized spacial score (nSPS) is 12.0. The summed E-state index contributed by atoms with van der Waals surface area (Å²) in [6.45, 7) is 8.12. The van der Waals surface area contributed by atoms with Crippen LogP contribution in [0.4, 0.5) is 0 Å². The molecule has 0 atom stereocenters. The van der Waals surface area contributed by atoms with Gasteiger partial charge in [-0.05, 0) is 36.6 Å². The van der Waals surface area contributed by atoms with Gasteiger partial charge in [0.1, 0.15) is 0 Å². The van der Waals surface area contributed by atoms with Gasteiger partial charge in [-0.25, -0.2) is 0 Å². The number of unbranched alkanes of at least 4 members (excludes halogenated alkanes) is 3. The molecule has 0 aliphatic rings. The van der Waals surface area contributed by atoms with Gasteiger partial charge < -0.3 is 0 Å². The number of rotatable bonds is 5. The number of aromatic nitrogens is 1. The predicted octanol–water partition coefficient (Wildman–Crippen LogP) is 5.45. The van der Waals surface area contributed by atoms with Crippen LogP contribution in [-0.2, 0) is 6.42 Å². The van der Waals surface area contributed by atoms with Crippen molar-refractivity contribution in [1.82, 2.24) is 4.57 Å². The third kappa shape index (κ3) is 3.75. The molecule has 2 heteroatoms. The van der Waals surface area contributed by atoms with E-state index in [0.29, 0.717) is 0 Å². The van der Waals surface area contributed by atoms with E-state index >= 15 is 0 Å². The molecule has 114 valence electrons. The second-order valence-corrected chi connectivity index (χ2v) is 6.94. The van der Waals surface area contributed by atoms with Crippen molar-refractivity contribution in [2.75, 3.05) is 0 Å². The Bertz CT molecular complexity index is 616. The molecule has 1 aromatic heterocycles. The SMILES string of the molecule is CCCCCCc1ccc2c(ccn2C(=O)C(C)(C)C)c1. The Labute approximate surface area is 128 Å². The first kappa shape index (κ1) is 15.8. The fourth-order valence-electron chi connectivity index (χ4n) is 2.64. The highest BCUT2D eigenvalue weighted by Gasteiger charge is 2.23. The molecule has 0 N–H and O–H groups in total. The summed E-state index contributed by atoms with van der Waals surface area (Å²) in [5.74, 6) is 0.146. The molecule has 0 unspecified atom stereocenters. The van der Waals surface area contributed by atoms with E-state index in [2.05, 4.69) is 31.2 Å². The molecule has 0 spiro atoms. The van der Waals surface area contributed by atoms with Crippen molar-refractivity contribution >= 4 is 16.8 Å². The van der Waals surface area contributed by atoms with Crippen LogP contribution in [0.2, 0.25) is 0 Å². The lowest BCUT2D eigenvalue weighted by atomic mass is 9.95. The zero-order chi connectivity index (χ0) is 15.5. The van der Waals surface area contributed by atoms with Gasteiger partial charge in [0.2, 0.25) is 5.91 Å². The number of aryl methyl sites for hydroxylation is 1. The quantitative estimate of drug-likeness (QED) is 0.669. The van der Waals surface area contributed by atoms with Gasteiger partial charge in [-0.2, -0.15) is 0 Å². The molecule has 0 fully saturated rings. The molecule has 2 rings (SSSR count). The van der Waals surface area contributed by atoms with Crippen molar-refractivity contribution in [3.8, 4) is 0 Å². The summed E-state index contributed by atoms with van der Waals surface area (Å²) in [6, 6.07) is 8.54. The van der Waals surface area contributed by atoms with Crippen molar-refractivity contribution in [3.63, 3.8) is 0 Å². The highest BCUT2D eigenvalue weighted by molar-refractivity contribution is 5.95. The largest absolute Gasteiger partial charge is 0.287 e. The first-order chi connectivity index (χ1) is 9.93. The molecular weight excluding hydrogens is 258 g/mol. The van der Waals surface area contributed by atoms with Crippen LogP contribution in [0, 0.1) is 5.41 Å². The fraction of sp³-hybridized carbons (Fsp3) is 0.526. The van der Waals surface area contributed by atoms with Gasteiger partial charge >= 0.3 is 0 Å². The second kappa shape index (κ2) is 6.46. The molecule has 0 saturated heterocycles. The Hall–Kier alpha value is -1.57. The molecular formula is C19H27NO. The van der Waals surface area contributed by atoms with Gasteiger partial charge in [-0.1, -0.05) is 53.0 Å². The molecule has 0 radical (unpaired) electrons. The minimum Gasteiger partial charge on any atom is -0.287 e. The number of carbonyl (C=O) groups excluding carboxylic acids is 1. The van der Waals surface area contributed by atoms with Crippen LogP contribution in [0.15, 0.2) is 30.5 Å². The third-order valence-corrected chi connectivity index (χ3v) is 3.93. The van der Waals surface area contributed by atoms with E-state index in [1.54, 1.807) is 4.57 Å². The van der Waals surface area contributed by atoms with E-state index in [9.17, 15) is 4.79 Å². The van der Waals surface area contributed by atoms with Gasteiger partial charge in [-0.3, -0.25) is 9.36 Å². The lowest BCUT2D eigenvalue weighted by Gasteiger charge is -2.17. The van der Waals surface area contributed by atoms with Crippen LogP contribution in [0.3, 0.4) is 0 Å². The number of carbonyl (C=O) groups is 1. The number of fused-ring (bicyclic) bond motifs is 1. The van der Waals surface area contributed by atoms with Crippen molar-refractivity contribution in [2.24, 2.45) is 5.41 Å². The molecule has 0 bridgehead atoms. The maximum atomic E-state index is 12.4. The first-order valence-electron chi connectivity index (χ1n) is 8.08. The third-order valence-electron chi connectivity index (χ3n) is 3.93. The lowest BCUT2D eigenvalue weighted by Crippen LogP contribution is -2.25. The molecule has 0 aliphatic heterocycles. The number of benzene rings is 1. The Morgan fingerprint density at radius 2 is 1.86 bits per heavy atom. The number of hydrogen-bond acceptors (Lipinski definition) is 1. The van der Waals surface area contributed by atoms with Gasteiger partial charge in [0, 0.05) is 17.0 Å². The summed E-state index contributed by atoms with van der Waals surface area (Å²) in [4.78, 5) is 12.4. The summed E-state index contributed by atoms with van der Waals surface area (Å²) >= 11 is 0. The zero-order valence-corrected chi connectivity index (χ0v) is 13.8. The number of hydrogen-bond donors (Lipinski definition) is 0. The maximum absolute atomic E-state index is 12.4. The van der Waals surface area contributed by atoms with Gasteiger partial charge in [0.15, 0.2) is 0 Å². The summed E-state index contributed by atoms with van der Waals surface area (Å²) in [5, 5.41) is 1.17. The Morgan fingerprint density at radius 1 is 1.10 bits per heavy atom. The Balaban J connectivity index is 2.17. The van der Waals surface area contributed by atoms with E-state index in [1.807, 2.05) is 27.0 Å². The second-order valence-electron chi connectivity index (χ2n) is 6.94. The molecule has 1 heterocycles. The highest BCUT2D eigenvalue weighted by Crippen LogP contribution is 2.24. The smallest absolute Gasteiger partial charge is 0.236 e. The van der Waals surface area contributed by atoms with E-state index in [1.165, 1.54) is 36.6 Å². The van der Waals surface area contributed by atoms with E-state index in [-0.39, 0.29) is 11.3 Å². The first-order valence-corrected chi connectivity index (χ1v) is 8.08. The monoisotopic (exact) mass is 285 g/mol. The van der Waals surface area contributed by atoms with Crippen molar-refractivity contribution in [1.29, 1.82) is 0 Å². The minimum absolute atomic E-state index is 0.146. The zero-order valence-electron chi connectivity index (χ0n) is 13.8. The van der Waals surface area contributed by atoms with E-state index in [4.69, 9.17) is 0 Å². The lowest BCUT2D eigenvalue weighted by molar-refractivity contribution is 0.0772. The molecule has 2 nitrogen and oxygen atoms in total. The molecule has 1 aromatic carbocycles. The molecule has 0 aliphatic carbocycles. The average Bonchev–Trinajstić information content (AvgIpc) is 2.84. The van der Waals surface area contributed by atoms with Crippen LogP contribution in [-0.4, -0.2) is 10.5 Å². The Kier molecular flexibility index (Phi) is 4.87. The molecule has 21 heavy (non-hydrogen) atoms. The standard InChI is InChI=1S/C19H27NO/c1-5-6-7-8-9-15-10-11-17-16(14-15)12-13-20(17)18(21)19(2,3)4/h10-14H,5-9H2,1-4H3. The topological polar surface area (TPSA) is 22.0 Å². The molecule has 2 aromatic rings. The van der Waals surface area contributed by atoms with Gasteiger partial charge in [0.25, 0.3) is 0 Å². The minimum atomic E-state index is -0.356.